The largest absolute Gasteiger partial charge is 0.486 e. The van der Waals surface area contributed by atoms with Gasteiger partial charge in [-0.2, -0.15) is 0 Å². The molecule has 5 aromatic carbocycles. The zero-order valence-electron chi connectivity index (χ0n) is 32.8. The summed E-state index contributed by atoms with van der Waals surface area (Å²) in [6, 6.07) is 49.2. The number of carboxylic acids is 1. The van der Waals surface area contributed by atoms with E-state index >= 15 is 0 Å². The highest BCUT2D eigenvalue weighted by Gasteiger charge is 2.38. The average molecular weight is 795 g/mol. The van der Waals surface area contributed by atoms with E-state index in [1.54, 1.807) is 11.3 Å². The van der Waals surface area contributed by atoms with Crippen LogP contribution >= 0.6 is 22.7 Å². The quantitative estimate of drug-likeness (QED) is 0.0947. The molecule has 4 nitrogen and oxygen atoms in total. The highest BCUT2D eigenvalue weighted by molar-refractivity contribution is 7.37. The summed E-state index contributed by atoms with van der Waals surface area (Å²) in [4.78, 5) is 19.1. The van der Waals surface area contributed by atoms with Crippen molar-refractivity contribution >= 4 is 68.9 Å². The molecule has 1 N–H and O–H groups in total. The minimum Gasteiger partial charge on any atom is -0.486 e. The first kappa shape index (κ1) is 36.8. The number of anilines is 3. The summed E-state index contributed by atoms with van der Waals surface area (Å²) < 4.78 is 2.61. The SMILES string of the molecule is [C-]#[N+]/C(=C\c1ccc([Si](C)(C)c2ccc(-c3ccc(N(c4ccc5c(c4)C(C)(C)c4ccccc4-5)c4ccc5c(c4)C(C)(C)c4ccccc4-5)cc3)s2)s1)C(=O)O. The Hall–Kier alpha value is -5.78. The normalized spacial score (nSPS) is 14.6. The average Bonchev–Trinajstić information content (AvgIpc) is 3.99. The summed E-state index contributed by atoms with van der Waals surface area (Å²) >= 11 is 3.43. The second-order valence-electron chi connectivity index (χ2n) is 16.6. The number of hydrogen-bond donors (Lipinski definition) is 1. The van der Waals surface area contributed by atoms with Gasteiger partial charge in [-0.3, -0.25) is 4.79 Å². The lowest BCUT2D eigenvalue weighted by molar-refractivity contribution is -0.132. The second-order valence-corrected chi connectivity index (χ2v) is 23.9. The number of fused-ring (bicyclic) bond motifs is 6. The summed E-state index contributed by atoms with van der Waals surface area (Å²) in [7, 11) is -2.07. The Morgan fingerprint density at radius 1 is 0.632 bits per heavy atom. The molecule has 0 atom stereocenters. The standard InChI is InChI=1S/C50H42N2O2S2Si/c1-49(2)40-14-10-8-12-36(40)38-23-20-33(28-42(38)49)52(34-21-24-39-37-13-9-11-15-41(37)50(3,4)43(39)29-34)32-18-16-31(17-19-32)45-25-27-47(56-45)57(6,7)46-26-22-35(55-46)30-44(51-5)48(53)54/h8-30H,1-4,6-7H3,(H,53,54)/b44-30-. The Labute approximate surface area is 343 Å². The van der Waals surface area contributed by atoms with Crippen LogP contribution in [0.25, 0.3) is 43.6 Å². The molecule has 0 saturated heterocycles. The molecule has 7 heteroatoms. The molecule has 57 heavy (non-hydrogen) atoms. The number of aliphatic carboxylic acids is 1. The third kappa shape index (κ3) is 5.94. The fourth-order valence-electron chi connectivity index (χ4n) is 8.88. The van der Waals surface area contributed by atoms with Crippen LogP contribution in [-0.2, 0) is 15.6 Å². The maximum absolute atomic E-state index is 11.4. The van der Waals surface area contributed by atoms with Crippen molar-refractivity contribution in [1.29, 1.82) is 0 Å². The van der Waals surface area contributed by atoms with Crippen molar-refractivity contribution in [1.82, 2.24) is 0 Å². The van der Waals surface area contributed by atoms with Crippen molar-refractivity contribution in [3.8, 4) is 32.7 Å². The fourth-order valence-corrected chi connectivity index (χ4v) is 15.2. The third-order valence-electron chi connectivity index (χ3n) is 12.1. The number of carboxylic acid groups (broad SMARTS) is 1. The van der Waals surface area contributed by atoms with Crippen molar-refractivity contribution in [2.75, 3.05) is 4.90 Å². The van der Waals surface area contributed by atoms with Gasteiger partial charge >= 0.3 is 5.97 Å². The van der Waals surface area contributed by atoms with Gasteiger partial charge in [0.25, 0.3) is 5.70 Å². The van der Waals surface area contributed by atoms with E-state index in [0.717, 1.165) is 21.9 Å². The van der Waals surface area contributed by atoms with Gasteiger partial charge in [0, 0.05) is 37.6 Å². The first-order valence-electron chi connectivity index (χ1n) is 19.2. The van der Waals surface area contributed by atoms with Crippen LogP contribution in [0.2, 0.25) is 13.1 Å². The summed E-state index contributed by atoms with van der Waals surface area (Å²) in [5.74, 6) is -1.20. The Morgan fingerprint density at radius 3 is 1.67 bits per heavy atom. The van der Waals surface area contributed by atoms with Crippen LogP contribution < -0.4 is 13.9 Å². The van der Waals surface area contributed by atoms with Gasteiger partial charge in [0.15, 0.2) is 0 Å². The third-order valence-corrected chi connectivity index (χ3v) is 20.4. The van der Waals surface area contributed by atoms with Gasteiger partial charge in [-0.15, -0.1) is 22.7 Å². The molecule has 0 aliphatic heterocycles. The molecule has 0 bridgehead atoms. The van der Waals surface area contributed by atoms with E-state index in [-0.39, 0.29) is 16.5 Å². The minimum absolute atomic E-state index is 0.118. The molecule has 0 spiro atoms. The molecule has 2 aromatic heterocycles. The van der Waals surface area contributed by atoms with Crippen LogP contribution in [0.1, 0.15) is 54.8 Å². The smallest absolute Gasteiger partial charge is 0.333 e. The molecule has 0 amide bonds. The van der Waals surface area contributed by atoms with Gasteiger partial charge in [0.1, 0.15) is 8.07 Å². The van der Waals surface area contributed by atoms with Gasteiger partial charge in [-0.25, -0.2) is 4.85 Å². The predicted molar refractivity (Wildman–Crippen MR) is 243 cm³/mol. The molecule has 0 fully saturated rings. The molecular weight excluding hydrogens is 753 g/mol. The zero-order valence-corrected chi connectivity index (χ0v) is 35.5. The number of benzene rings is 5. The minimum atomic E-state index is -2.07. The monoisotopic (exact) mass is 794 g/mol. The lowest BCUT2D eigenvalue weighted by Crippen LogP contribution is -2.49. The molecule has 0 unspecified atom stereocenters. The molecule has 7 aromatic rings. The number of thiophene rings is 2. The first-order chi connectivity index (χ1) is 27.3. The number of carbonyl (C=O) groups is 1. The summed E-state index contributed by atoms with van der Waals surface area (Å²) in [6.45, 7) is 21.3. The van der Waals surface area contributed by atoms with Gasteiger partial charge in [-0.05, 0) is 114 Å². The van der Waals surface area contributed by atoms with Gasteiger partial charge in [0.2, 0.25) is 0 Å². The highest BCUT2D eigenvalue weighted by atomic mass is 32.1. The van der Waals surface area contributed by atoms with Crippen molar-refractivity contribution in [3.63, 3.8) is 0 Å². The van der Waals surface area contributed by atoms with E-state index in [1.165, 1.54) is 70.0 Å². The highest BCUT2D eigenvalue weighted by Crippen LogP contribution is 2.53. The van der Waals surface area contributed by atoms with E-state index in [2.05, 4.69) is 178 Å². The van der Waals surface area contributed by atoms with Crippen molar-refractivity contribution in [2.45, 2.75) is 51.6 Å². The van der Waals surface area contributed by atoms with Gasteiger partial charge in [0.05, 0.1) is 6.57 Å². The van der Waals surface area contributed by atoms with E-state index in [9.17, 15) is 9.90 Å². The first-order valence-corrected chi connectivity index (χ1v) is 23.8. The number of nitrogens with zero attached hydrogens (tertiary/aromatic N) is 2. The van der Waals surface area contributed by atoms with E-state index < -0.39 is 14.0 Å². The predicted octanol–water partition coefficient (Wildman–Crippen LogP) is 12.7. The molecule has 0 radical (unpaired) electrons. The Morgan fingerprint density at radius 2 is 1.12 bits per heavy atom. The van der Waals surface area contributed by atoms with Crippen LogP contribution in [0, 0.1) is 6.57 Å². The molecule has 9 rings (SSSR count). The molecular formula is C50H42N2O2S2Si. The van der Waals surface area contributed by atoms with Crippen LogP contribution in [0.5, 0.6) is 0 Å². The summed E-state index contributed by atoms with van der Waals surface area (Å²) in [6.07, 6.45) is 1.48. The molecule has 0 saturated carbocycles. The van der Waals surface area contributed by atoms with E-state index in [1.807, 2.05) is 17.4 Å². The molecule has 2 aliphatic carbocycles. The maximum atomic E-state index is 11.4. The van der Waals surface area contributed by atoms with E-state index in [4.69, 9.17) is 6.57 Å². The van der Waals surface area contributed by atoms with Crippen LogP contribution in [0.4, 0.5) is 17.1 Å². The summed E-state index contributed by atoms with van der Waals surface area (Å²) in [5.41, 5.74) is 14.7. The molecule has 280 valence electrons. The van der Waals surface area contributed by atoms with Crippen molar-refractivity contribution in [3.05, 3.63) is 178 Å². The lowest BCUT2D eigenvalue weighted by Gasteiger charge is -2.30. The number of hydrogen-bond acceptors (Lipinski definition) is 4. The van der Waals surface area contributed by atoms with Gasteiger partial charge < -0.3 is 10.0 Å². The Balaban J connectivity index is 1.09. The Bertz CT molecular complexity index is 2730. The summed E-state index contributed by atoms with van der Waals surface area (Å²) in [5, 5.41) is 9.35. The zero-order chi connectivity index (χ0) is 39.9. The second kappa shape index (κ2) is 13.4. The van der Waals surface area contributed by atoms with Crippen molar-refractivity contribution < 1.29 is 9.90 Å². The number of rotatable bonds is 8. The van der Waals surface area contributed by atoms with Crippen molar-refractivity contribution in [2.24, 2.45) is 0 Å². The van der Waals surface area contributed by atoms with E-state index in [0.29, 0.717) is 0 Å². The van der Waals surface area contributed by atoms with Crippen LogP contribution in [0.3, 0.4) is 0 Å². The van der Waals surface area contributed by atoms with Gasteiger partial charge in [-0.1, -0.05) is 126 Å². The fraction of sp³-hybridized carbons (Fsp3) is 0.160. The lowest BCUT2D eigenvalue weighted by atomic mass is 9.82. The Kier molecular flexibility index (Phi) is 8.67. The topological polar surface area (TPSA) is 44.9 Å². The molecule has 2 heterocycles. The van der Waals surface area contributed by atoms with Crippen LogP contribution in [0.15, 0.2) is 139 Å². The van der Waals surface area contributed by atoms with Crippen LogP contribution in [-0.4, -0.2) is 19.1 Å². The molecule has 2 aliphatic rings. The maximum Gasteiger partial charge on any atom is 0.333 e.